The standard InChI is InChI=1S/C10H18O3Si2/c1-9(8-15(11,12)13-14-2)10-6-4-3-5-7-10/h3-7,9,11-12H,8,14H2,1-2H3. The van der Waals surface area contributed by atoms with Gasteiger partial charge in [0, 0.05) is 6.04 Å². The Hall–Kier alpha value is -0.466. The first-order valence-corrected chi connectivity index (χ1v) is 9.19. The van der Waals surface area contributed by atoms with Crippen molar-refractivity contribution in [1.29, 1.82) is 0 Å². The van der Waals surface area contributed by atoms with Crippen molar-refractivity contribution in [2.24, 2.45) is 0 Å². The molecule has 5 heteroatoms. The molecule has 0 radical (unpaired) electrons. The van der Waals surface area contributed by atoms with Crippen molar-refractivity contribution in [1.82, 2.24) is 0 Å². The molecule has 0 aliphatic rings. The molecule has 3 nitrogen and oxygen atoms in total. The molecule has 1 aromatic rings. The maximum atomic E-state index is 9.65. The predicted octanol–water partition coefficient (Wildman–Crippen LogP) is 0.862. The molecule has 0 aliphatic heterocycles. The SMILES string of the molecule is C[SiH2]O[Si](O)(O)CC(C)c1ccccc1. The predicted molar refractivity (Wildman–Crippen MR) is 65.3 cm³/mol. The fourth-order valence-corrected chi connectivity index (χ4v) is 4.94. The van der Waals surface area contributed by atoms with Crippen LogP contribution in [-0.4, -0.2) is 28.2 Å². The van der Waals surface area contributed by atoms with E-state index < -0.39 is 18.6 Å². The molecule has 15 heavy (non-hydrogen) atoms. The quantitative estimate of drug-likeness (QED) is 0.753. The van der Waals surface area contributed by atoms with Crippen LogP contribution in [0.2, 0.25) is 12.6 Å². The lowest BCUT2D eigenvalue weighted by molar-refractivity contribution is 0.241. The summed E-state index contributed by atoms with van der Waals surface area (Å²) < 4.78 is 5.11. The van der Waals surface area contributed by atoms with E-state index in [2.05, 4.69) is 0 Å². The van der Waals surface area contributed by atoms with Gasteiger partial charge in [0.1, 0.15) is 9.76 Å². The van der Waals surface area contributed by atoms with Crippen molar-refractivity contribution in [3.8, 4) is 0 Å². The van der Waals surface area contributed by atoms with Crippen molar-refractivity contribution in [2.75, 3.05) is 0 Å². The first kappa shape index (κ1) is 12.6. The van der Waals surface area contributed by atoms with Crippen LogP contribution in [0.25, 0.3) is 0 Å². The van der Waals surface area contributed by atoms with E-state index in [0.29, 0.717) is 6.04 Å². The summed E-state index contributed by atoms with van der Waals surface area (Å²) in [6, 6.07) is 10.2. The maximum absolute atomic E-state index is 9.65. The Bertz CT molecular complexity index is 290. The van der Waals surface area contributed by atoms with E-state index in [-0.39, 0.29) is 5.92 Å². The van der Waals surface area contributed by atoms with E-state index >= 15 is 0 Å². The van der Waals surface area contributed by atoms with Gasteiger partial charge in [-0.3, -0.25) is 0 Å². The highest BCUT2D eigenvalue weighted by Gasteiger charge is 2.33. The van der Waals surface area contributed by atoms with Crippen molar-refractivity contribution >= 4 is 18.6 Å². The van der Waals surface area contributed by atoms with Gasteiger partial charge < -0.3 is 13.7 Å². The zero-order valence-corrected chi connectivity index (χ0v) is 11.6. The lowest BCUT2D eigenvalue weighted by Gasteiger charge is -2.21. The van der Waals surface area contributed by atoms with Crippen LogP contribution in [-0.2, 0) is 4.12 Å². The van der Waals surface area contributed by atoms with Crippen LogP contribution < -0.4 is 0 Å². The van der Waals surface area contributed by atoms with Crippen molar-refractivity contribution in [3.63, 3.8) is 0 Å². The van der Waals surface area contributed by atoms with E-state index in [1.165, 1.54) is 0 Å². The lowest BCUT2D eigenvalue weighted by atomic mass is 10.0. The molecular weight excluding hydrogens is 224 g/mol. The zero-order valence-electron chi connectivity index (χ0n) is 9.18. The smallest absolute Gasteiger partial charge is 0.422 e. The van der Waals surface area contributed by atoms with Crippen LogP contribution in [0.3, 0.4) is 0 Å². The second-order valence-electron chi connectivity index (χ2n) is 3.69. The minimum absolute atomic E-state index is 0.133. The molecule has 0 aromatic heterocycles. The summed E-state index contributed by atoms with van der Waals surface area (Å²) in [6.45, 7) is 3.89. The normalized spacial score (nSPS) is 14.7. The molecule has 0 amide bonds. The van der Waals surface area contributed by atoms with Crippen molar-refractivity contribution in [3.05, 3.63) is 35.9 Å². The highest BCUT2D eigenvalue weighted by molar-refractivity contribution is 6.63. The van der Waals surface area contributed by atoms with Crippen LogP contribution in [0, 0.1) is 0 Å². The Balaban J connectivity index is 2.59. The largest absolute Gasteiger partial charge is 0.485 e. The Labute approximate surface area is 94.0 Å². The minimum Gasteiger partial charge on any atom is -0.422 e. The molecule has 0 fully saturated rings. The average Bonchev–Trinajstić information content (AvgIpc) is 2.18. The van der Waals surface area contributed by atoms with Crippen LogP contribution in [0.1, 0.15) is 18.4 Å². The second-order valence-corrected chi connectivity index (χ2v) is 7.32. The summed E-state index contributed by atoms with van der Waals surface area (Å²) in [7, 11) is -4.14. The van der Waals surface area contributed by atoms with E-state index in [1.807, 2.05) is 43.8 Å². The van der Waals surface area contributed by atoms with Gasteiger partial charge in [-0.15, -0.1) is 0 Å². The number of hydrogen-bond acceptors (Lipinski definition) is 3. The van der Waals surface area contributed by atoms with E-state index in [0.717, 1.165) is 5.56 Å². The Morgan fingerprint density at radius 3 is 2.47 bits per heavy atom. The van der Waals surface area contributed by atoms with Crippen molar-refractivity contribution in [2.45, 2.75) is 25.4 Å². The molecule has 0 spiro atoms. The molecule has 2 N–H and O–H groups in total. The number of benzene rings is 1. The molecular formula is C10H18O3Si2. The van der Waals surface area contributed by atoms with Gasteiger partial charge in [-0.05, 0) is 11.5 Å². The third kappa shape index (κ3) is 4.27. The monoisotopic (exact) mass is 242 g/mol. The van der Waals surface area contributed by atoms with E-state index in [4.69, 9.17) is 4.12 Å². The summed E-state index contributed by atoms with van der Waals surface area (Å²) in [6.07, 6.45) is 0. The topological polar surface area (TPSA) is 49.7 Å². The minimum atomic E-state index is -3.39. The summed E-state index contributed by atoms with van der Waals surface area (Å²) >= 11 is 0. The van der Waals surface area contributed by atoms with Gasteiger partial charge in [0.15, 0.2) is 0 Å². The van der Waals surface area contributed by atoms with Gasteiger partial charge in [0.2, 0.25) is 0 Å². The second kappa shape index (κ2) is 5.57. The van der Waals surface area contributed by atoms with Gasteiger partial charge in [-0.2, -0.15) is 0 Å². The Morgan fingerprint density at radius 1 is 1.33 bits per heavy atom. The molecule has 0 aliphatic carbocycles. The van der Waals surface area contributed by atoms with Crippen LogP contribution in [0.15, 0.2) is 30.3 Å². The van der Waals surface area contributed by atoms with Crippen LogP contribution in [0.4, 0.5) is 0 Å². The third-order valence-electron chi connectivity index (χ3n) is 2.32. The molecule has 0 bridgehead atoms. The summed E-state index contributed by atoms with van der Waals surface area (Å²) in [5.74, 6) is 0.133. The van der Waals surface area contributed by atoms with Gasteiger partial charge in [0.05, 0.1) is 0 Å². The first-order chi connectivity index (χ1) is 7.05. The molecule has 84 valence electrons. The third-order valence-corrected chi connectivity index (χ3v) is 6.46. The van der Waals surface area contributed by atoms with Gasteiger partial charge >= 0.3 is 8.80 Å². The zero-order chi connectivity index (χ0) is 11.3. The Morgan fingerprint density at radius 2 is 1.93 bits per heavy atom. The molecule has 1 unspecified atom stereocenters. The van der Waals surface area contributed by atoms with E-state index in [9.17, 15) is 9.59 Å². The lowest BCUT2D eigenvalue weighted by Crippen LogP contribution is -2.40. The molecule has 0 saturated carbocycles. The van der Waals surface area contributed by atoms with Gasteiger partial charge in [-0.25, -0.2) is 0 Å². The first-order valence-electron chi connectivity index (χ1n) is 5.19. The highest BCUT2D eigenvalue weighted by Crippen LogP contribution is 2.23. The number of hydrogen-bond donors (Lipinski definition) is 2. The molecule has 1 rings (SSSR count). The van der Waals surface area contributed by atoms with Gasteiger partial charge in [-0.1, -0.05) is 43.8 Å². The molecule has 0 saturated heterocycles. The van der Waals surface area contributed by atoms with Gasteiger partial charge in [0.25, 0.3) is 0 Å². The van der Waals surface area contributed by atoms with Crippen LogP contribution >= 0.6 is 0 Å². The average molecular weight is 242 g/mol. The molecule has 0 heterocycles. The summed E-state index contributed by atoms with van der Waals surface area (Å²) in [5.41, 5.74) is 1.12. The van der Waals surface area contributed by atoms with Crippen molar-refractivity contribution < 1.29 is 13.7 Å². The molecule has 1 atom stereocenters. The summed E-state index contributed by atoms with van der Waals surface area (Å²) in [4.78, 5) is 19.3. The van der Waals surface area contributed by atoms with E-state index in [1.54, 1.807) is 0 Å². The number of rotatable bonds is 5. The van der Waals surface area contributed by atoms with Crippen LogP contribution in [0.5, 0.6) is 0 Å². The highest BCUT2D eigenvalue weighted by atomic mass is 28.4. The maximum Gasteiger partial charge on any atom is 0.485 e. The molecule has 1 aromatic carbocycles. The Kier molecular flexibility index (Phi) is 4.68. The summed E-state index contributed by atoms with van der Waals surface area (Å²) in [5, 5.41) is 0. The fraction of sp³-hybridized carbons (Fsp3) is 0.400. The fourth-order valence-electron chi connectivity index (χ4n) is 1.59.